The van der Waals surface area contributed by atoms with E-state index in [1.54, 1.807) is 4.90 Å². The number of hydrogen-bond acceptors (Lipinski definition) is 4. The molecule has 7 heteroatoms. The van der Waals surface area contributed by atoms with Crippen molar-refractivity contribution in [1.82, 2.24) is 19.6 Å². The number of amides is 2. The van der Waals surface area contributed by atoms with Crippen LogP contribution in [0.15, 0.2) is 18.3 Å². The summed E-state index contributed by atoms with van der Waals surface area (Å²) in [5.74, 6) is 1.26. The van der Waals surface area contributed by atoms with Crippen LogP contribution in [0.1, 0.15) is 51.7 Å². The van der Waals surface area contributed by atoms with Crippen molar-refractivity contribution < 1.29 is 14.3 Å². The molecule has 0 aromatic carbocycles. The maximum atomic E-state index is 13.0. The second-order valence-corrected chi connectivity index (χ2v) is 10.3. The van der Waals surface area contributed by atoms with Gasteiger partial charge in [0.1, 0.15) is 11.4 Å². The van der Waals surface area contributed by atoms with Gasteiger partial charge in [-0.15, -0.1) is 0 Å². The number of nitrogens with zero attached hydrogens (tertiary/aromatic N) is 3. The van der Waals surface area contributed by atoms with Crippen LogP contribution in [0, 0.1) is 31.6 Å². The first-order valence-electron chi connectivity index (χ1n) is 10.6. The number of pyridine rings is 1. The quantitative estimate of drug-likeness (QED) is 0.838. The molecule has 4 rings (SSSR count). The second kappa shape index (κ2) is 6.72. The van der Waals surface area contributed by atoms with E-state index in [1.807, 2.05) is 53.8 Å². The predicted octanol–water partition coefficient (Wildman–Crippen LogP) is 3.42. The number of fused-ring (bicyclic) bond motifs is 2. The Bertz CT molecular complexity index is 1010. The number of likely N-dealkylation sites (tertiary alicyclic amines) is 1. The third kappa shape index (κ3) is 3.55. The minimum Gasteiger partial charge on any atom is -0.444 e. The number of imidazole rings is 1. The Balaban J connectivity index is 1.43. The molecule has 1 N–H and O–H groups in total. The van der Waals surface area contributed by atoms with E-state index in [-0.39, 0.29) is 29.8 Å². The molecule has 1 aliphatic heterocycles. The Labute approximate surface area is 177 Å². The lowest BCUT2D eigenvalue weighted by Gasteiger charge is -2.27. The third-order valence-corrected chi connectivity index (χ3v) is 6.18. The van der Waals surface area contributed by atoms with Gasteiger partial charge in [-0.2, -0.15) is 0 Å². The summed E-state index contributed by atoms with van der Waals surface area (Å²) in [5.41, 5.74) is 2.10. The molecule has 30 heavy (non-hydrogen) atoms. The molecule has 1 saturated carbocycles. The molecule has 0 radical (unpaired) electrons. The summed E-state index contributed by atoms with van der Waals surface area (Å²) in [5, 5.41) is 3.21. The molecule has 2 fully saturated rings. The van der Waals surface area contributed by atoms with Gasteiger partial charge in [0.2, 0.25) is 5.91 Å². The van der Waals surface area contributed by atoms with E-state index in [0.717, 1.165) is 22.6 Å². The van der Waals surface area contributed by atoms with Gasteiger partial charge < -0.3 is 19.4 Å². The number of aryl methyl sites for hydroxylation is 2. The van der Waals surface area contributed by atoms with Gasteiger partial charge in [-0.3, -0.25) is 4.79 Å². The lowest BCUT2D eigenvalue weighted by molar-refractivity contribution is -0.125. The van der Waals surface area contributed by atoms with Crippen molar-refractivity contribution in [2.75, 3.05) is 13.1 Å². The minimum absolute atomic E-state index is 0.0425. The molecule has 2 aromatic rings. The van der Waals surface area contributed by atoms with Crippen LogP contribution in [-0.2, 0) is 15.1 Å². The molecule has 2 aliphatic rings. The normalized spacial score (nSPS) is 23.4. The van der Waals surface area contributed by atoms with Crippen LogP contribution < -0.4 is 5.32 Å². The SMILES string of the molecule is Cc1cccn2c(C(C)(C)NC(=O)C3C4CN(C(=O)OC(C)(C)C)CC43)nc(C)c12. The highest BCUT2D eigenvalue weighted by molar-refractivity contribution is 5.84. The van der Waals surface area contributed by atoms with E-state index in [4.69, 9.17) is 9.72 Å². The van der Waals surface area contributed by atoms with Crippen LogP contribution in [0.3, 0.4) is 0 Å². The molecule has 0 bridgehead atoms. The van der Waals surface area contributed by atoms with Gasteiger partial charge in [0.05, 0.1) is 16.7 Å². The summed E-state index contributed by atoms with van der Waals surface area (Å²) < 4.78 is 7.53. The van der Waals surface area contributed by atoms with Gasteiger partial charge in [-0.05, 0) is 71.9 Å². The van der Waals surface area contributed by atoms with E-state index in [9.17, 15) is 9.59 Å². The molecule has 3 heterocycles. The van der Waals surface area contributed by atoms with Gasteiger partial charge in [0.25, 0.3) is 0 Å². The molecule has 2 aromatic heterocycles. The van der Waals surface area contributed by atoms with E-state index in [1.165, 1.54) is 0 Å². The van der Waals surface area contributed by atoms with Crippen molar-refractivity contribution in [2.45, 2.75) is 59.6 Å². The fraction of sp³-hybridized carbons (Fsp3) is 0.609. The Morgan fingerprint density at radius 1 is 1.13 bits per heavy atom. The number of hydrogen-bond donors (Lipinski definition) is 1. The standard InChI is InChI=1S/C23H32N4O3/c1-13-9-8-10-27-18(13)14(2)24-20(27)23(6,7)25-19(28)17-15-11-26(12-16(15)17)21(29)30-22(3,4)5/h8-10,15-17H,11-12H2,1-7H3,(H,25,28). The lowest BCUT2D eigenvalue weighted by atomic mass is 10.0. The zero-order chi connectivity index (χ0) is 22.0. The van der Waals surface area contributed by atoms with Crippen LogP contribution in [0.4, 0.5) is 4.79 Å². The largest absolute Gasteiger partial charge is 0.444 e. The number of ether oxygens (including phenoxy) is 1. The molecular weight excluding hydrogens is 380 g/mol. The first-order chi connectivity index (χ1) is 13.9. The molecule has 2 amide bonds. The van der Waals surface area contributed by atoms with Crippen molar-refractivity contribution >= 4 is 17.5 Å². The van der Waals surface area contributed by atoms with E-state index >= 15 is 0 Å². The first-order valence-corrected chi connectivity index (χ1v) is 10.6. The Morgan fingerprint density at radius 2 is 1.77 bits per heavy atom. The summed E-state index contributed by atoms with van der Waals surface area (Å²) in [4.78, 5) is 31.8. The van der Waals surface area contributed by atoms with Crippen LogP contribution in [0.25, 0.3) is 5.52 Å². The summed E-state index contributed by atoms with van der Waals surface area (Å²) in [7, 11) is 0. The Morgan fingerprint density at radius 3 is 2.37 bits per heavy atom. The summed E-state index contributed by atoms with van der Waals surface area (Å²) in [6, 6.07) is 4.07. The zero-order valence-corrected chi connectivity index (χ0v) is 18.9. The number of carbonyl (C=O) groups excluding carboxylic acids is 2. The van der Waals surface area contributed by atoms with Gasteiger partial charge in [-0.1, -0.05) is 6.07 Å². The average molecular weight is 413 g/mol. The monoisotopic (exact) mass is 412 g/mol. The van der Waals surface area contributed by atoms with Gasteiger partial charge in [-0.25, -0.2) is 9.78 Å². The second-order valence-electron chi connectivity index (χ2n) is 10.3. The maximum absolute atomic E-state index is 13.0. The number of aromatic nitrogens is 2. The molecule has 2 unspecified atom stereocenters. The van der Waals surface area contributed by atoms with Crippen molar-refractivity contribution in [3.63, 3.8) is 0 Å². The van der Waals surface area contributed by atoms with Crippen LogP contribution in [-0.4, -0.2) is 45.0 Å². The fourth-order valence-corrected chi connectivity index (χ4v) is 4.80. The maximum Gasteiger partial charge on any atom is 0.410 e. The average Bonchev–Trinajstić information content (AvgIpc) is 2.95. The number of nitrogens with one attached hydrogen (secondary N) is 1. The highest BCUT2D eigenvalue weighted by Gasteiger charge is 2.61. The van der Waals surface area contributed by atoms with Gasteiger partial charge >= 0.3 is 6.09 Å². The van der Waals surface area contributed by atoms with Crippen molar-refractivity contribution in [2.24, 2.45) is 17.8 Å². The number of piperidine rings is 1. The molecule has 162 valence electrons. The van der Waals surface area contributed by atoms with Crippen LogP contribution >= 0.6 is 0 Å². The zero-order valence-electron chi connectivity index (χ0n) is 18.9. The van der Waals surface area contributed by atoms with Crippen LogP contribution in [0.2, 0.25) is 0 Å². The Hall–Kier alpha value is -2.57. The van der Waals surface area contributed by atoms with Crippen molar-refractivity contribution in [1.29, 1.82) is 0 Å². The topological polar surface area (TPSA) is 75.9 Å². The van der Waals surface area contributed by atoms with E-state index in [0.29, 0.717) is 13.1 Å². The number of carbonyl (C=O) groups is 2. The van der Waals surface area contributed by atoms with Crippen molar-refractivity contribution in [3.05, 3.63) is 35.4 Å². The molecular formula is C23H32N4O3. The summed E-state index contributed by atoms with van der Waals surface area (Å²) in [6.07, 6.45) is 1.71. The molecule has 0 spiro atoms. The minimum atomic E-state index is -0.607. The summed E-state index contributed by atoms with van der Waals surface area (Å²) in [6.45, 7) is 14.8. The molecule has 2 atom stereocenters. The summed E-state index contributed by atoms with van der Waals surface area (Å²) >= 11 is 0. The van der Waals surface area contributed by atoms with E-state index < -0.39 is 11.1 Å². The fourth-order valence-electron chi connectivity index (χ4n) is 4.80. The predicted molar refractivity (Wildman–Crippen MR) is 114 cm³/mol. The highest BCUT2D eigenvalue weighted by Crippen LogP contribution is 2.52. The first kappa shape index (κ1) is 20.7. The third-order valence-electron chi connectivity index (χ3n) is 6.18. The number of rotatable bonds is 3. The smallest absolute Gasteiger partial charge is 0.410 e. The van der Waals surface area contributed by atoms with Gasteiger partial charge in [0.15, 0.2) is 0 Å². The van der Waals surface area contributed by atoms with Crippen molar-refractivity contribution in [3.8, 4) is 0 Å². The van der Waals surface area contributed by atoms with E-state index in [2.05, 4.69) is 22.7 Å². The van der Waals surface area contributed by atoms with Gasteiger partial charge in [0, 0.05) is 25.2 Å². The Kier molecular flexibility index (Phi) is 4.64. The van der Waals surface area contributed by atoms with Crippen LogP contribution in [0.5, 0.6) is 0 Å². The highest BCUT2D eigenvalue weighted by atomic mass is 16.6. The molecule has 1 aliphatic carbocycles. The molecule has 7 nitrogen and oxygen atoms in total. The lowest BCUT2D eigenvalue weighted by Crippen LogP contribution is -2.45. The molecule has 1 saturated heterocycles.